The Morgan fingerprint density at radius 3 is 2.41 bits per heavy atom. The number of urea groups is 1. The van der Waals surface area contributed by atoms with Gasteiger partial charge in [0.05, 0.1) is 12.2 Å². The Labute approximate surface area is 102 Å². The first kappa shape index (κ1) is 11.9. The first-order chi connectivity index (χ1) is 8.15. The quantitative estimate of drug-likeness (QED) is 0.810. The summed E-state index contributed by atoms with van der Waals surface area (Å²) in [6.07, 6.45) is 0.195. The molecule has 0 spiro atoms. The Morgan fingerprint density at radius 2 is 1.82 bits per heavy atom. The Hall–Kier alpha value is -1.55. The smallest absolute Gasteiger partial charge is 0.322 e. The minimum atomic E-state index is -0.0572. The molecule has 17 heavy (non-hydrogen) atoms. The molecule has 2 atom stereocenters. The molecule has 1 aromatic rings. The van der Waals surface area contributed by atoms with Crippen LogP contribution >= 0.6 is 0 Å². The number of carbonyl (C=O) groups excluding carboxylic acids is 1. The second-order valence-electron chi connectivity index (χ2n) is 4.46. The average Bonchev–Trinajstić information content (AvgIpc) is 2.29. The molecule has 4 nitrogen and oxygen atoms in total. The van der Waals surface area contributed by atoms with E-state index in [0.717, 1.165) is 5.69 Å². The number of carbonyl (C=O) groups is 1. The summed E-state index contributed by atoms with van der Waals surface area (Å²) in [5.41, 5.74) is 0.823. The van der Waals surface area contributed by atoms with E-state index in [4.69, 9.17) is 4.74 Å². The van der Waals surface area contributed by atoms with E-state index in [1.807, 2.05) is 44.2 Å². The Bertz CT molecular complexity index is 370. The zero-order valence-corrected chi connectivity index (χ0v) is 10.2. The Balaban J connectivity index is 1.96. The van der Waals surface area contributed by atoms with Crippen LogP contribution in [0.1, 0.15) is 13.8 Å². The van der Waals surface area contributed by atoms with Crippen molar-refractivity contribution < 1.29 is 9.53 Å². The van der Waals surface area contributed by atoms with Gasteiger partial charge in [-0.2, -0.15) is 0 Å². The molecule has 2 rings (SSSR count). The molecule has 0 aliphatic carbocycles. The summed E-state index contributed by atoms with van der Waals surface area (Å²) in [5, 5.41) is 2.88. The van der Waals surface area contributed by atoms with Crippen molar-refractivity contribution in [1.82, 2.24) is 4.90 Å². The second-order valence-corrected chi connectivity index (χ2v) is 4.46. The summed E-state index contributed by atoms with van der Waals surface area (Å²) in [5.74, 6) is 0. The van der Waals surface area contributed by atoms with Crippen LogP contribution in [0, 0.1) is 0 Å². The van der Waals surface area contributed by atoms with E-state index in [1.165, 1.54) is 0 Å². The van der Waals surface area contributed by atoms with E-state index in [0.29, 0.717) is 13.1 Å². The molecule has 1 aliphatic heterocycles. The number of rotatable bonds is 1. The molecule has 0 bridgehead atoms. The van der Waals surface area contributed by atoms with Crippen molar-refractivity contribution in [3.05, 3.63) is 30.3 Å². The third-order valence-electron chi connectivity index (χ3n) is 2.73. The van der Waals surface area contributed by atoms with Crippen molar-refractivity contribution in [2.24, 2.45) is 0 Å². The maximum absolute atomic E-state index is 12.0. The number of morpholine rings is 1. The van der Waals surface area contributed by atoms with Gasteiger partial charge < -0.3 is 15.0 Å². The van der Waals surface area contributed by atoms with E-state index in [2.05, 4.69) is 5.32 Å². The minimum Gasteiger partial charge on any atom is -0.372 e. The Morgan fingerprint density at radius 1 is 1.24 bits per heavy atom. The van der Waals surface area contributed by atoms with Gasteiger partial charge in [0.15, 0.2) is 0 Å². The molecule has 1 heterocycles. The molecule has 92 valence electrons. The van der Waals surface area contributed by atoms with E-state index in [-0.39, 0.29) is 18.2 Å². The third kappa shape index (κ3) is 3.20. The van der Waals surface area contributed by atoms with Gasteiger partial charge in [0.1, 0.15) is 0 Å². The number of anilines is 1. The lowest BCUT2D eigenvalue weighted by molar-refractivity contribution is -0.0530. The van der Waals surface area contributed by atoms with Crippen LogP contribution in [0.4, 0.5) is 10.5 Å². The molecule has 0 radical (unpaired) electrons. The van der Waals surface area contributed by atoms with Gasteiger partial charge in [-0.25, -0.2) is 4.79 Å². The van der Waals surface area contributed by atoms with Crippen molar-refractivity contribution in [1.29, 1.82) is 0 Å². The van der Waals surface area contributed by atoms with Gasteiger partial charge in [-0.05, 0) is 26.0 Å². The van der Waals surface area contributed by atoms with Crippen LogP contribution in [-0.4, -0.2) is 36.2 Å². The summed E-state index contributed by atoms with van der Waals surface area (Å²) in [4.78, 5) is 13.8. The minimum absolute atomic E-state index is 0.0572. The average molecular weight is 234 g/mol. The molecule has 1 N–H and O–H groups in total. The predicted molar refractivity (Wildman–Crippen MR) is 67.0 cm³/mol. The standard InChI is InChI=1S/C13H18N2O2/c1-10-8-15(9-11(2)17-10)13(16)14-12-6-4-3-5-7-12/h3-7,10-11H,8-9H2,1-2H3,(H,14,16)/t10-,11-/m0/s1. The molecular formula is C13H18N2O2. The normalized spacial score (nSPS) is 24.5. The molecule has 0 saturated carbocycles. The van der Waals surface area contributed by atoms with E-state index in [9.17, 15) is 4.79 Å². The van der Waals surface area contributed by atoms with Gasteiger partial charge in [0.25, 0.3) is 0 Å². The molecule has 1 saturated heterocycles. The highest BCUT2D eigenvalue weighted by molar-refractivity contribution is 5.89. The number of amides is 2. The molecular weight excluding hydrogens is 216 g/mol. The van der Waals surface area contributed by atoms with Crippen LogP contribution in [0.5, 0.6) is 0 Å². The van der Waals surface area contributed by atoms with Crippen LogP contribution in [0.3, 0.4) is 0 Å². The van der Waals surface area contributed by atoms with E-state index in [1.54, 1.807) is 4.90 Å². The highest BCUT2D eigenvalue weighted by Gasteiger charge is 2.25. The number of benzene rings is 1. The lowest BCUT2D eigenvalue weighted by Crippen LogP contribution is -2.49. The fraction of sp³-hybridized carbons (Fsp3) is 0.462. The fourth-order valence-electron chi connectivity index (χ4n) is 2.07. The van der Waals surface area contributed by atoms with Crippen molar-refractivity contribution >= 4 is 11.7 Å². The van der Waals surface area contributed by atoms with Crippen LogP contribution in [-0.2, 0) is 4.74 Å². The summed E-state index contributed by atoms with van der Waals surface area (Å²) >= 11 is 0. The van der Waals surface area contributed by atoms with Crippen molar-refractivity contribution in [3.8, 4) is 0 Å². The number of nitrogens with one attached hydrogen (secondary N) is 1. The SMILES string of the molecule is C[C@H]1CN(C(=O)Nc2ccccc2)C[C@H](C)O1. The fourth-order valence-corrected chi connectivity index (χ4v) is 2.07. The van der Waals surface area contributed by atoms with Gasteiger partial charge in [-0.3, -0.25) is 0 Å². The number of para-hydroxylation sites is 1. The summed E-state index contributed by atoms with van der Waals surface area (Å²) in [6, 6.07) is 9.43. The van der Waals surface area contributed by atoms with Crippen LogP contribution < -0.4 is 5.32 Å². The molecule has 2 amide bonds. The number of ether oxygens (including phenoxy) is 1. The molecule has 1 aliphatic rings. The maximum Gasteiger partial charge on any atom is 0.322 e. The predicted octanol–water partition coefficient (Wildman–Crippen LogP) is 2.33. The van der Waals surface area contributed by atoms with Crippen LogP contribution in [0.25, 0.3) is 0 Å². The molecule has 4 heteroatoms. The zero-order valence-electron chi connectivity index (χ0n) is 10.2. The van der Waals surface area contributed by atoms with Crippen molar-refractivity contribution in [2.75, 3.05) is 18.4 Å². The highest BCUT2D eigenvalue weighted by atomic mass is 16.5. The van der Waals surface area contributed by atoms with E-state index >= 15 is 0 Å². The van der Waals surface area contributed by atoms with E-state index < -0.39 is 0 Å². The van der Waals surface area contributed by atoms with Crippen molar-refractivity contribution in [3.63, 3.8) is 0 Å². The van der Waals surface area contributed by atoms with Gasteiger partial charge in [-0.1, -0.05) is 18.2 Å². The summed E-state index contributed by atoms with van der Waals surface area (Å²) in [6.45, 7) is 5.25. The largest absolute Gasteiger partial charge is 0.372 e. The van der Waals surface area contributed by atoms with Crippen LogP contribution in [0.15, 0.2) is 30.3 Å². The van der Waals surface area contributed by atoms with Gasteiger partial charge in [-0.15, -0.1) is 0 Å². The van der Waals surface area contributed by atoms with Gasteiger partial charge in [0.2, 0.25) is 0 Å². The second kappa shape index (κ2) is 5.19. The van der Waals surface area contributed by atoms with Crippen molar-refractivity contribution in [2.45, 2.75) is 26.1 Å². The lowest BCUT2D eigenvalue weighted by atomic mass is 10.2. The Kier molecular flexibility index (Phi) is 3.64. The number of hydrogen-bond donors (Lipinski definition) is 1. The first-order valence-electron chi connectivity index (χ1n) is 5.91. The maximum atomic E-state index is 12.0. The van der Waals surface area contributed by atoms with Gasteiger partial charge >= 0.3 is 6.03 Å². The summed E-state index contributed by atoms with van der Waals surface area (Å²) in [7, 11) is 0. The third-order valence-corrected chi connectivity index (χ3v) is 2.73. The zero-order chi connectivity index (χ0) is 12.3. The monoisotopic (exact) mass is 234 g/mol. The molecule has 1 fully saturated rings. The summed E-state index contributed by atoms with van der Waals surface area (Å²) < 4.78 is 5.60. The first-order valence-corrected chi connectivity index (χ1v) is 5.91. The molecule has 0 unspecified atom stereocenters. The molecule has 0 aromatic heterocycles. The van der Waals surface area contributed by atoms with Crippen LogP contribution in [0.2, 0.25) is 0 Å². The number of nitrogens with zero attached hydrogens (tertiary/aromatic N) is 1. The lowest BCUT2D eigenvalue weighted by Gasteiger charge is -2.35. The number of hydrogen-bond acceptors (Lipinski definition) is 2. The molecule has 1 aromatic carbocycles. The topological polar surface area (TPSA) is 41.6 Å². The highest BCUT2D eigenvalue weighted by Crippen LogP contribution is 2.13. The van der Waals surface area contributed by atoms with Gasteiger partial charge in [0, 0.05) is 18.8 Å².